The third-order valence-electron chi connectivity index (χ3n) is 1.18. The van der Waals surface area contributed by atoms with E-state index >= 15 is 0 Å². The van der Waals surface area contributed by atoms with Crippen molar-refractivity contribution in [1.29, 1.82) is 0 Å². The first-order valence-electron chi connectivity index (χ1n) is 3.36. The Balaban J connectivity index is 2.42. The van der Waals surface area contributed by atoms with Crippen molar-refractivity contribution in [3.05, 3.63) is 0 Å². The maximum atomic E-state index is 5.24. The molecule has 1 heterocycles. The summed E-state index contributed by atoms with van der Waals surface area (Å²) in [6, 6.07) is 0. The predicted octanol–water partition coefficient (Wildman–Crippen LogP) is 0.0554. The maximum absolute atomic E-state index is 5.24. The highest BCUT2D eigenvalue weighted by atomic mass is 15.6. The molecule has 0 unspecified atom stereocenters. The topological polar surface area (TPSA) is 69.6 Å². The monoisotopic (exact) mass is 141 g/mol. The van der Waals surface area contributed by atoms with Crippen LogP contribution in [0.1, 0.15) is 19.8 Å². The van der Waals surface area contributed by atoms with Gasteiger partial charge in [0.1, 0.15) is 0 Å². The van der Waals surface area contributed by atoms with Gasteiger partial charge in [-0.25, -0.2) is 0 Å². The van der Waals surface area contributed by atoms with Crippen molar-refractivity contribution in [2.24, 2.45) is 0 Å². The first-order valence-corrected chi connectivity index (χ1v) is 3.36. The Morgan fingerprint density at radius 2 is 2.40 bits per heavy atom. The minimum absolute atomic E-state index is 0.246. The van der Waals surface area contributed by atoms with Gasteiger partial charge in [0.15, 0.2) is 0 Å². The van der Waals surface area contributed by atoms with E-state index in [0.717, 1.165) is 19.4 Å². The summed E-state index contributed by atoms with van der Waals surface area (Å²) in [5.41, 5.74) is 5.24. The van der Waals surface area contributed by atoms with Crippen LogP contribution in [0.5, 0.6) is 0 Å². The van der Waals surface area contributed by atoms with Crippen LogP contribution in [0.2, 0.25) is 0 Å². The number of hydrogen-bond donors (Lipinski definition) is 1. The quantitative estimate of drug-likeness (QED) is 0.646. The third-order valence-corrected chi connectivity index (χ3v) is 1.18. The van der Waals surface area contributed by atoms with Crippen LogP contribution in [0.4, 0.5) is 5.95 Å². The number of aromatic nitrogens is 4. The lowest BCUT2D eigenvalue weighted by Gasteiger charge is -1.92. The molecular formula is C5H11N5. The summed E-state index contributed by atoms with van der Waals surface area (Å²) >= 11 is 0. The lowest BCUT2D eigenvalue weighted by atomic mass is 10.3. The highest BCUT2D eigenvalue weighted by Crippen LogP contribution is 1.91. The van der Waals surface area contributed by atoms with Gasteiger partial charge in [0.25, 0.3) is 5.95 Å². The van der Waals surface area contributed by atoms with Gasteiger partial charge in [0.05, 0.1) is 6.54 Å². The standard InChI is InChI=1S/C5H11N5/c1-2-3-4-10-8-5(6)7-9-10/h2-4H2,1H3,(H2,6,8). The van der Waals surface area contributed by atoms with Gasteiger partial charge in [-0.2, -0.15) is 4.80 Å². The Kier molecular flexibility index (Phi) is 2.20. The lowest BCUT2D eigenvalue weighted by Crippen LogP contribution is -2.02. The average Bonchev–Trinajstić information content (AvgIpc) is 2.31. The zero-order chi connectivity index (χ0) is 7.40. The van der Waals surface area contributed by atoms with Crippen LogP contribution in [0.15, 0.2) is 0 Å². The second-order valence-electron chi connectivity index (χ2n) is 2.10. The summed E-state index contributed by atoms with van der Waals surface area (Å²) in [7, 11) is 0. The fraction of sp³-hybridized carbons (Fsp3) is 0.800. The van der Waals surface area contributed by atoms with E-state index in [9.17, 15) is 0 Å². The summed E-state index contributed by atoms with van der Waals surface area (Å²) in [6.45, 7) is 2.92. The van der Waals surface area contributed by atoms with Crippen LogP contribution in [0, 0.1) is 0 Å². The second kappa shape index (κ2) is 3.14. The fourth-order valence-electron chi connectivity index (χ4n) is 0.650. The van der Waals surface area contributed by atoms with E-state index in [1.165, 1.54) is 4.80 Å². The van der Waals surface area contributed by atoms with Crippen LogP contribution >= 0.6 is 0 Å². The molecule has 0 bridgehead atoms. The molecule has 5 nitrogen and oxygen atoms in total. The number of tetrazole rings is 1. The van der Waals surface area contributed by atoms with Gasteiger partial charge in [-0.05, 0) is 11.6 Å². The molecule has 0 amide bonds. The molecule has 0 aliphatic rings. The number of aryl methyl sites for hydroxylation is 1. The summed E-state index contributed by atoms with van der Waals surface area (Å²) in [6.07, 6.45) is 2.19. The Labute approximate surface area is 59.2 Å². The van der Waals surface area contributed by atoms with Crippen LogP contribution in [-0.4, -0.2) is 20.2 Å². The molecule has 56 valence electrons. The number of nitrogen functional groups attached to an aromatic ring is 1. The number of hydrogen-bond acceptors (Lipinski definition) is 4. The molecule has 1 aromatic heterocycles. The smallest absolute Gasteiger partial charge is 0.260 e. The Morgan fingerprint density at radius 3 is 2.90 bits per heavy atom. The number of rotatable bonds is 3. The maximum Gasteiger partial charge on any atom is 0.260 e. The summed E-state index contributed by atoms with van der Waals surface area (Å²) < 4.78 is 0. The van der Waals surface area contributed by atoms with Crippen LogP contribution in [0.3, 0.4) is 0 Å². The van der Waals surface area contributed by atoms with E-state index in [0.29, 0.717) is 0 Å². The van der Waals surface area contributed by atoms with Crippen molar-refractivity contribution in [3.63, 3.8) is 0 Å². The molecule has 0 radical (unpaired) electrons. The largest absolute Gasteiger partial charge is 0.365 e. The average molecular weight is 141 g/mol. The molecule has 0 saturated carbocycles. The van der Waals surface area contributed by atoms with Crippen LogP contribution in [-0.2, 0) is 6.54 Å². The van der Waals surface area contributed by atoms with Crippen molar-refractivity contribution >= 4 is 5.95 Å². The Morgan fingerprint density at radius 1 is 1.60 bits per heavy atom. The molecule has 1 rings (SSSR count). The van der Waals surface area contributed by atoms with E-state index in [2.05, 4.69) is 22.3 Å². The zero-order valence-electron chi connectivity index (χ0n) is 5.99. The van der Waals surface area contributed by atoms with Crippen molar-refractivity contribution in [2.75, 3.05) is 5.73 Å². The molecule has 5 heteroatoms. The summed E-state index contributed by atoms with van der Waals surface area (Å²) in [5, 5.41) is 11.1. The zero-order valence-corrected chi connectivity index (χ0v) is 5.99. The minimum Gasteiger partial charge on any atom is -0.365 e. The van der Waals surface area contributed by atoms with E-state index in [4.69, 9.17) is 5.73 Å². The molecule has 0 atom stereocenters. The van der Waals surface area contributed by atoms with Crippen LogP contribution in [0.25, 0.3) is 0 Å². The normalized spacial score (nSPS) is 10.1. The van der Waals surface area contributed by atoms with Crippen LogP contribution < -0.4 is 5.73 Å². The fourth-order valence-corrected chi connectivity index (χ4v) is 0.650. The van der Waals surface area contributed by atoms with Crippen molar-refractivity contribution in [2.45, 2.75) is 26.3 Å². The highest BCUT2D eigenvalue weighted by molar-refractivity contribution is 5.06. The molecule has 1 aromatic rings. The van der Waals surface area contributed by atoms with Gasteiger partial charge in [-0.15, -0.1) is 5.10 Å². The van der Waals surface area contributed by atoms with Gasteiger partial charge < -0.3 is 5.73 Å². The Hall–Kier alpha value is -1.13. The third kappa shape index (κ3) is 1.68. The number of nitrogens with two attached hydrogens (primary N) is 1. The molecule has 10 heavy (non-hydrogen) atoms. The van der Waals surface area contributed by atoms with Crippen molar-refractivity contribution in [3.8, 4) is 0 Å². The van der Waals surface area contributed by atoms with Gasteiger partial charge in [0.2, 0.25) is 0 Å². The molecule has 0 spiro atoms. The molecule has 0 aliphatic carbocycles. The highest BCUT2D eigenvalue weighted by Gasteiger charge is 1.94. The van der Waals surface area contributed by atoms with Gasteiger partial charge in [-0.1, -0.05) is 18.4 Å². The number of unbranched alkanes of at least 4 members (excludes halogenated alkanes) is 1. The lowest BCUT2D eigenvalue weighted by molar-refractivity contribution is 0.496. The minimum atomic E-state index is 0.246. The van der Waals surface area contributed by atoms with Gasteiger partial charge in [0, 0.05) is 0 Å². The number of nitrogens with zero attached hydrogens (tertiary/aromatic N) is 4. The van der Waals surface area contributed by atoms with Gasteiger partial charge >= 0.3 is 0 Å². The van der Waals surface area contributed by atoms with Crippen molar-refractivity contribution in [1.82, 2.24) is 20.2 Å². The SMILES string of the molecule is CCCCn1nnc(N)n1. The molecule has 0 fully saturated rings. The summed E-state index contributed by atoms with van der Waals surface area (Å²) in [4.78, 5) is 1.51. The second-order valence-corrected chi connectivity index (χ2v) is 2.10. The molecule has 0 saturated heterocycles. The molecule has 0 aromatic carbocycles. The van der Waals surface area contributed by atoms with E-state index < -0.39 is 0 Å². The van der Waals surface area contributed by atoms with Crippen molar-refractivity contribution < 1.29 is 0 Å². The first kappa shape index (κ1) is 6.98. The molecule has 2 N–H and O–H groups in total. The van der Waals surface area contributed by atoms with E-state index in [-0.39, 0.29) is 5.95 Å². The van der Waals surface area contributed by atoms with E-state index in [1.807, 2.05) is 0 Å². The first-order chi connectivity index (χ1) is 4.83. The molecular weight excluding hydrogens is 130 g/mol. The number of anilines is 1. The summed E-state index contributed by atoms with van der Waals surface area (Å²) in [5.74, 6) is 0.246. The van der Waals surface area contributed by atoms with Gasteiger partial charge in [-0.3, -0.25) is 0 Å². The van der Waals surface area contributed by atoms with E-state index in [1.54, 1.807) is 0 Å². The molecule has 0 aliphatic heterocycles. The Bertz CT molecular complexity index is 194. The predicted molar refractivity (Wildman–Crippen MR) is 37.1 cm³/mol.